The van der Waals surface area contributed by atoms with Gasteiger partial charge in [0.15, 0.2) is 11.5 Å². The molecule has 5 atom stereocenters. The van der Waals surface area contributed by atoms with E-state index >= 15 is 0 Å². The number of carbonyl (C=O) groups excluding carboxylic acids is 1. The highest BCUT2D eigenvalue weighted by Crippen LogP contribution is 2.74. The molecule has 2 saturated carbocycles. The number of benzene rings is 2. The molecule has 3 fully saturated rings. The van der Waals surface area contributed by atoms with Crippen molar-refractivity contribution in [1.82, 2.24) is 10.2 Å². The lowest BCUT2D eigenvalue weighted by Crippen LogP contribution is -2.78. The van der Waals surface area contributed by atoms with Gasteiger partial charge in [-0.2, -0.15) is 0 Å². The van der Waals surface area contributed by atoms with Crippen LogP contribution in [-0.4, -0.2) is 51.9 Å². The summed E-state index contributed by atoms with van der Waals surface area (Å²) in [5.74, 6) is 1.25. The predicted molar refractivity (Wildman–Crippen MR) is 141 cm³/mol. The molecular weight excluding hydrogens is 488 g/mol. The molecule has 7 aliphatic rings. The molecule has 1 saturated heterocycles. The number of aromatic hydroxyl groups is 1. The number of hydrogen-bond acceptors (Lipinski definition) is 5. The van der Waals surface area contributed by atoms with Crippen molar-refractivity contribution in [3.63, 3.8) is 0 Å². The van der Waals surface area contributed by atoms with Gasteiger partial charge in [-0.25, -0.2) is 0 Å². The molecule has 0 aromatic heterocycles. The lowest BCUT2D eigenvalue weighted by molar-refractivity contribution is -0.186. The lowest BCUT2D eigenvalue weighted by Gasteiger charge is -2.70. The second-order valence-corrected chi connectivity index (χ2v) is 12.0. The predicted octanol–water partition coefficient (Wildman–Crippen LogP) is 3.62. The third-order valence-corrected chi connectivity index (χ3v) is 10.4. The van der Waals surface area contributed by atoms with Crippen LogP contribution in [0.25, 0.3) is 0 Å². The van der Waals surface area contributed by atoms with Crippen LogP contribution in [-0.2, 0) is 23.2 Å². The van der Waals surface area contributed by atoms with Crippen LogP contribution in [0.1, 0.15) is 48.8 Å². The van der Waals surface area contributed by atoms with Gasteiger partial charge in [0.05, 0.1) is 5.41 Å². The maximum Gasteiger partial charge on any atom is 0.250 e. The monoisotopic (exact) mass is 520 g/mol. The SMILES string of the molecule is Cl.O=C(NCc1ccccc1)C1=C[C@@]23CC[C@]1(O)[C@@H]1Oc4c(O)ccc5c4[C@@]12CCN(CC1CC1)[C@@H]3C5. The summed E-state index contributed by atoms with van der Waals surface area (Å²) in [4.78, 5) is 16.4. The largest absolute Gasteiger partial charge is 0.504 e. The normalized spacial score (nSPS) is 36.2. The number of halogens is 1. The molecule has 0 radical (unpaired) electrons. The lowest BCUT2D eigenvalue weighted by atomic mass is 9.38. The maximum atomic E-state index is 13.7. The molecule has 9 rings (SSSR count). The Morgan fingerprint density at radius 3 is 2.70 bits per heavy atom. The smallest absolute Gasteiger partial charge is 0.250 e. The minimum Gasteiger partial charge on any atom is -0.504 e. The van der Waals surface area contributed by atoms with Crippen LogP contribution in [0.4, 0.5) is 0 Å². The first-order valence-electron chi connectivity index (χ1n) is 13.5. The van der Waals surface area contributed by atoms with Crippen molar-refractivity contribution >= 4 is 18.3 Å². The third-order valence-electron chi connectivity index (χ3n) is 10.4. The standard InChI is InChI=1S/C30H32N2O4.ClH/c33-22-9-8-20-14-23-28-10-11-30(35,21(15-28)26(34)31-16-18-4-2-1-3-5-18)27-29(28,24(20)25(22)36-27)12-13-32(23)17-19-6-7-19;/h1-5,8-9,15,19,23,27,33,35H,6-7,10-14,16-17H2,(H,31,34);1H/t23-,27-,28-,29+,30-;/m1./s1. The van der Waals surface area contributed by atoms with E-state index in [-0.39, 0.29) is 35.5 Å². The van der Waals surface area contributed by atoms with Gasteiger partial charge in [0.2, 0.25) is 5.91 Å². The Hall–Kier alpha value is -2.54. The van der Waals surface area contributed by atoms with E-state index in [0.29, 0.717) is 24.3 Å². The van der Waals surface area contributed by atoms with E-state index in [0.717, 1.165) is 49.4 Å². The molecule has 5 aliphatic carbocycles. The van der Waals surface area contributed by atoms with Crippen molar-refractivity contribution in [2.45, 2.75) is 68.2 Å². The van der Waals surface area contributed by atoms with Crippen LogP contribution in [0.3, 0.4) is 0 Å². The van der Waals surface area contributed by atoms with Crippen molar-refractivity contribution in [2.75, 3.05) is 13.1 Å². The number of nitrogens with zero attached hydrogens (tertiary/aromatic N) is 1. The zero-order valence-electron chi connectivity index (χ0n) is 20.8. The van der Waals surface area contributed by atoms with Crippen LogP contribution >= 0.6 is 12.4 Å². The van der Waals surface area contributed by atoms with E-state index in [1.165, 1.54) is 18.4 Å². The average Bonchev–Trinajstić information content (AvgIpc) is 3.63. The van der Waals surface area contributed by atoms with E-state index in [1.54, 1.807) is 6.07 Å². The summed E-state index contributed by atoms with van der Waals surface area (Å²) in [6.07, 6.45) is 7.33. The summed E-state index contributed by atoms with van der Waals surface area (Å²) in [6.45, 7) is 2.50. The number of fused-ring (bicyclic) bond motifs is 1. The zero-order chi connectivity index (χ0) is 24.3. The van der Waals surface area contributed by atoms with Crippen molar-refractivity contribution in [3.05, 3.63) is 70.8 Å². The maximum absolute atomic E-state index is 13.7. The molecule has 37 heavy (non-hydrogen) atoms. The zero-order valence-corrected chi connectivity index (χ0v) is 21.6. The molecule has 2 aromatic carbocycles. The van der Waals surface area contributed by atoms with Crippen molar-refractivity contribution in [3.8, 4) is 11.5 Å². The number of hydrogen-bond donors (Lipinski definition) is 3. The van der Waals surface area contributed by atoms with Gasteiger partial charge in [-0.3, -0.25) is 9.69 Å². The Morgan fingerprint density at radius 1 is 1.11 bits per heavy atom. The molecule has 2 aromatic rings. The summed E-state index contributed by atoms with van der Waals surface area (Å²) in [6, 6.07) is 13.9. The molecule has 0 unspecified atom stereocenters. The Kier molecular flexibility index (Phi) is 4.93. The summed E-state index contributed by atoms with van der Waals surface area (Å²) in [7, 11) is 0. The second kappa shape index (κ2) is 7.75. The minimum atomic E-state index is -1.38. The average molecular weight is 521 g/mol. The molecule has 2 heterocycles. The number of nitrogens with one attached hydrogen (secondary N) is 1. The molecule has 2 spiro atoms. The van der Waals surface area contributed by atoms with Gasteiger partial charge in [-0.05, 0) is 68.2 Å². The first kappa shape index (κ1) is 23.6. The van der Waals surface area contributed by atoms with Crippen molar-refractivity contribution in [1.29, 1.82) is 0 Å². The van der Waals surface area contributed by atoms with E-state index in [4.69, 9.17) is 4.74 Å². The number of ether oxygens (including phenoxy) is 1. The Morgan fingerprint density at radius 2 is 1.92 bits per heavy atom. The number of amides is 1. The Bertz CT molecular complexity index is 1330. The topological polar surface area (TPSA) is 82.0 Å². The van der Waals surface area contributed by atoms with E-state index in [1.807, 2.05) is 30.3 Å². The third kappa shape index (κ3) is 2.87. The van der Waals surface area contributed by atoms with Gasteiger partial charge in [0, 0.05) is 35.7 Å². The summed E-state index contributed by atoms with van der Waals surface area (Å²) in [5, 5.41) is 26.2. The summed E-state index contributed by atoms with van der Waals surface area (Å²) >= 11 is 0. The molecule has 1 amide bonds. The number of likely N-dealkylation sites (tertiary alicyclic amines) is 1. The number of carbonyl (C=O) groups is 1. The highest BCUT2D eigenvalue weighted by molar-refractivity contribution is 5.97. The van der Waals surface area contributed by atoms with Gasteiger partial charge in [-0.1, -0.05) is 42.5 Å². The van der Waals surface area contributed by atoms with Crippen LogP contribution in [0.15, 0.2) is 54.1 Å². The van der Waals surface area contributed by atoms with Crippen LogP contribution in [0, 0.1) is 11.3 Å². The van der Waals surface area contributed by atoms with Gasteiger partial charge >= 0.3 is 0 Å². The highest BCUT2D eigenvalue weighted by Gasteiger charge is 2.78. The molecule has 4 bridgehead atoms. The number of phenols is 1. The number of aliphatic hydroxyl groups is 1. The molecule has 3 N–H and O–H groups in total. The van der Waals surface area contributed by atoms with Gasteiger partial charge in [0.25, 0.3) is 0 Å². The quantitative estimate of drug-likeness (QED) is 0.561. The van der Waals surface area contributed by atoms with E-state index < -0.39 is 17.1 Å². The first-order chi connectivity index (χ1) is 17.5. The molecule has 194 valence electrons. The fourth-order valence-corrected chi connectivity index (χ4v) is 8.69. The molecule has 2 aliphatic heterocycles. The van der Waals surface area contributed by atoms with Crippen molar-refractivity contribution < 1.29 is 19.7 Å². The van der Waals surface area contributed by atoms with Crippen LogP contribution in [0.5, 0.6) is 11.5 Å². The van der Waals surface area contributed by atoms with Gasteiger partial charge < -0.3 is 20.3 Å². The molecular formula is C30H33ClN2O4. The Labute approximate surface area is 223 Å². The van der Waals surface area contributed by atoms with E-state index in [2.05, 4.69) is 22.4 Å². The van der Waals surface area contributed by atoms with Gasteiger partial charge in [0.1, 0.15) is 11.7 Å². The number of phenolic OH excluding ortho intramolecular Hbond substituents is 1. The van der Waals surface area contributed by atoms with Gasteiger partial charge in [-0.15, -0.1) is 12.4 Å². The highest BCUT2D eigenvalue weighted by atomic mass is 35.5. The van der Waals surface area contributed by atoms with Crippen molar-refractivity contribution in [2.24, 2.45) is 11.3 Å². The van der Waals surface area contributed by atoms with Crippen LogP contribution in [0.2, 0.25) is 0 Å². The molecule has 7 heteroatoms. The fraction of sp³-hybridized carbons (Fsp3) is 0.500. The Balaban J connectivity index is 0.00000231. The number of rotatable bonds is 5. The fourth-order valence-electron chi connectivity index (χ4n) is 8.69. The summed E-state index contributed by atoms with van der Waals surface area (Å²) < 4.78 is 6.57. The number of piperidine rings is 1. The first-order valence-corrected chi connectivity index (χ1v) is 13.5. The minimum absolute atomic E-state index is 0. The second-order valence-electron chi connectivity index (χ2n) is 12.0. The molecule has 6 nitrogen and oxygen atoms in total. The van der Waals surface area contributed by atoms with E-state index in [9.17, 15) is 15.0 Å². The summed E-state index contributed by atoms with van der Waals surface area (Å²) in [5.41, 5.74) is 1.74. The van der Waals surface area contributed by atoms with Crippen LogP contribution < -0.4 is 10.1 Å².